The highest BCUT2D eigenvalue weighted by molar-refractivity contribution is 4.73. The standard InChI is InChI=1S/C7H10F4O/c8-6(9)7(10,11)3-1-2-5-4-12-5/h5-6H,1-4H2. The van der Waals surface area contributed by atoms with Crippen LogP contribution in [0.1, 0.15) is 19.3 Å². The molecule has 1 aliphatic heterocycles. The monoisotopic (exact) mass is 186 g/mol. The van der Waals surface area contributed by atoms with Crippen LogP contribution in [-0.4, -0.2) is 25.1 Å². The average molecular weight is 186 g/mol. The molecular formula is C7H10F4O. The number of hydrogen-bond donors (Lipinski definition) is 0. The minimum absolute atomic E-state index is 0.0403. The molecule has 0 aromatic carbocycles. The van der Waals surface area contributed by atoms with Gasteiger partial charge in [-0.1, -0.05) is 0 Å². The molecule has 1 rings (SSSR count). The van der Waals surface area contributed by atoms with Crippen molar-refractivity contribution in [3.8, 4) is 0 Å². The van der Waals surface area contributed by atoms with Crippen molar-refractivity contribution in [1.29, 1.82) is 0 Å². The zero-order valence-corrected chi connectivity index (χ0v) is 6.40. The van der Waals surface area contributed by atoms with Gasteiger partial charge in [-0.05, 0) is 12.8 Å². The van der Waals surface area contributed by atoms with Crippen LogP contribution in [0.4, 0.5) is 17.6 Å². The summed E-state index contributed by atoms with van der Waals surface area (Å²) in [5.41, 5.74) is 0. The normalized spacial score (nSPS) is 23.2. The minimum Gasteiger partial charge on any atom is -0.373 e. The lowest BCUT2D eigenvalue weighted by Crippen LogP contribution is -2.26. The van der Waals surface area contributed by atoms with Gasteiger partial charge in [0.25, 0.3) is 0 Å². The molecule has 0 bridgehead atoms. The molecule has 0 aromatic heterocycles. The summed E-state index contributed by atoms with van der Waals surface area (Å²) in [4.78, 5) is 0. The molecule has 0 radical (unpaired) electrons. The van der Waals surface area contributed by atoms with Crippen LogP contribution in [0.3, 0.4) is 0 Å². The fraction of sp³-hybridized carbons (Fsp3) is 1.00. The molecule has 1 saturated heterocycles. The van der Waals surface area contributed by atoms with E-state index in [1.807, 2.05) is 0 Å². The minimum atomic E-state index is -3.82. The predicted octanol–water partition coefficient (Wildman–Crippen LogP) is 2.46. The number of alkyl halides is 4. The highest BCUT2D eigenvalue weighted by Gasteiger charge is 2.40. The van der Waals surface area contributed by atoms with Gasteiger partial charge in [0, 0.05) is 6.42 Å². The Hall–Kier alpha value is -0.320. The Balaban J connectivity index is 2.10. The van der Waals surface area contributed by atoms with Crippen LogP contribution in [0.5, 0.6) is 0 Å². The van der Waals surface area contributed by atoms with Crippen molar-refractivity contribution >= 4 is 0 Å². The Labute approximate surface area is 67.7 Å². The van der Waals surface area contributed by atoms with Crippen LogP contribution in [0.2, 0.25) is 0 Å². The van der Waals surface area contributed by atoms with Crippen molar-refractivity contribution in [2.45, 2.75) is 37.7 Å². The fourth-order valence-corrected chi connectivity index (χ4v) is 0.909. The van der Waals surface area contributed by atoms with Crippen LogP contribution in [0.25, 0.3) is 0 Å². The third-order valence-electron chi connectivity index (χ3n) is 1.76. The molecule has 1 aliphatic rings. The van der Waals surface area contributed by atoms with Crippen molar-refractivity contribution in [3.05, 3.63) is 0 Å². The molecule has 0 amide bonds. The van der Waals surface area contributed by atoms with E-state index < -0.39 is 18.8 Å². The molecule has 1 heterocycles. The zero-order valence-electron chi connectivity index (χ0n) is 6.40. The summed E-state index contributed by atoms with van der Waals surface area (Å²) in [6.07, 6.45) is -3.69. The van der Waals surface area contributed by atoms with Gasteiger partial charge in [0.15, 0.2) is 0 Å². The Morgan fingerprint density at radius 2 is 2.00 bits per heavy atom. The second kappa shape index (κ2) is 3.60. The topological polar surface area (TPSA) is 12.5 Å². The molecule has 0 aromatic rings. The van der Waals surface area contributed by atoms with Crippen LogP contribution in [-0.2, 0) is 4.74 Å². The Morgan fingerprint density at radius 3 is 2.42 bits per heavy atom. The predicted molar refractivity (Wildman–Crippen MR) is 34.5 cm³/mol. The van der Waals surface area contributed by atoms with Gasteiger partial charge in [-0.3, -0.25) is 0 Å². The van der Waals surface area contributed by atoms with Crippen molar-refractivity contribution in [2.24, 2.45) is 0 Å². The Bertz CT molecular complexity index is 144. The molecule has 0 saturated carbocycles. The lowest BCUT2D eigenvalue weighted by molar-refractivity contribution is -0.133. The van der Waals surface area contributed by atoms with E-state index in [1.165, 1.54) is 0 Å². The van der Waals surface area contributed by atoms with E-state index in [2.05, 4.69) is 0 Å². The van der Waals surface area contributed by atoms with E-state index >= 15 is 0 Å². The SMILES string of the molecule is FC(F)C(F)(F)CCCC1CO1. The first-order valence-electron chi connectivity index (χ1n) is 3.80. The molecule has 0 aliphatic carbocycles. The molecule has 1 unspecified atom stereocenters. The van der Waals surface area contributed by atoms with Crippen molar-refractivity contribution in [3.63, 3.8) is 0 Å². The molecule has 1 fully saturated rings. The van der Waals surface area contributed by atoms with Crippen LogP contribution < -0.4 is 0 Å². The highest BCUT2D eigenvalue weighted by atomic mass is 19.3. The van der Waals surface area contributed by atoms with Gasteiger partial charge in [0.2, 0.25) is 0 Å². The van der Waals surface area contributed by atoms with E-state index in [0.29, 0.717) is 13.0 Å². The number of rotatable bonds is 5. The third-order valence-corrected chi connectivity index (χ3v) is 1.76. The van der Waals surface area contributed by atoms with E-state index in [0.717, 1.165) is 0 Å². The largest absolute Gasteiger partial charge is 0.373 e. The third kappa shape index (κ3) is 2.97. The van der Waals surface area contributed by atoms with Gasteiger partial charge in [-0.15, -0.1) is 0 Å². The maximum atomic E-state index is 12.2. The second-order valence-corrected chi connectivity index (χ2v) is 2.91. The quantitative estimate of drug-likeness (QED) is 0.474. The molecule has 1 nitrogen and oxygen atoms in total. The van der Waals surface area contributed by atoms with Gasteiger partial charge in [-0.2, -0.15) is 0 Å². The van der Waals surface area contributed by atoms with Gasteiger partial charge < -0.3 is 4.74 Å². The summed E-state index contributed by atoms with van der Waals surface area (Å²) < 4.78 is 52.3. The van der Waals surface area contributed by atoms with Crippen LogP contribution in [0, 0.1) is 0 Å². The first kappa shape index (κ1) is 9.77. The van der Waals surface area contributed by atoms with E-state index in [9.17, 15) is 17.6 Å². The molecule has 5 heteroatoms. The molecule has 1 atom stereocenters. The smallest absolute Gasteiger partial charge is 0.307 e. The number of hydrogen-bond acceptors (Lipinski definition) is 1. The Kier molecular flexibility index (Phi) is 2.93. The van der Waals surface area contributed by atoms with E-state index in [1.54, 1.807) is 0 Å². The second-order valence-electron chi connectivity index (χ2n) is 2.91. The molecule has 72 valence electrons. The fourth-order valence-electron chi connectivity index (χ4n) is 0.909. The van der Waals surface area contributed by atoms with E-state index in [-0.39, 0.29) is 12.5 Å². The first-order chi connectivity index (χ1) is 5.52. The first-order valence-corrected chi connectivity index (χ1v) is 3.80. The summed E-state index contributed by atoms with van der Waals surface area (Å²) in [5.74, 6) is -3.82. The van der Waals surface area contributed by atoms with Gasteiger partial charge in [0.1, 0.15) is 0 Å². The maximum Gasteiger partial charge on any atom is 0.307 e. The molecule has 0 spiro atoms. The number of epoxide rings is 1. The van der Waals surface area contributed by atoms with Crippen LogP contribution in [0.15, 0.2) is 0 Å². The molecule has 12 heavy (non-hydrogen) atoms. The van der Waals surface area contributed by atoms with Gasteiger partial charge >= 0.3 is 12.3 Å². The summed E-state index contributed by atoms with van der Waals surface area (Å²) in [7, 11) is 0. The lowest BCUT2D eigenvalue weighted by atomic mass is 10.1. The Morgan fingerprint density at radius 1 is 1.42 bits per heavy atom. The lowest BCUT2D eigenvalue weighted by Gasteiger charge is -2.13. The molecule has 0 N–H and O–H groups in total. The number of ether oxygens (including phenoxy) is 1. The number of halogens is 4. The summed E-state index contributed by atoms with van der Waals surface area (Å²) in [6.45, 7) is 0.584. The molecular weight excluding hydrogens is 176 g/mol. The van der Waals surface area contributed by atoms with Crippen LogP contribution >= 0.6 is 0 Å². The van der Waals surface area contributed by atoms with Gasteiger partial charge in [-0.25, -0.2) is 17.6 Å². The van der Waals surface area contributed by atoms with Crippen molar-refractivity contribution in [2.75, 3.05) is 6.61 Å². The zero-order chi connectivity index (χ0) is 9.19. The van der Waals surface area contributed by atoms with Crippen molar-refractivity contribution in [1.82, 2.24) is 0 Å². The highest BCUT2D eigenvalue weighted by Crippen LogP contribution is 2.30. The maximum absolute atomic E-state index is 12.2. The average Bonchev–Trinajstić information content (AvgIpc) is 2.70. The van der Waals surface area contributed by atoms with Gasteiger partial charge in [0.05, 0.1) is 12.7 Å². The van der Waals surface area contributed by atoms with Crippen molar-refractivity contribution < 1.29 is 22.3 Å². The van der Waals surface area contributed by atoms with E-state index in [4.69, 9.17) is 4.74 Å². The summed E-state index contributed by atoms with van der Waals surface area (Å²) >= 11 is 0. The summed E-state index contributed by atoms with van der Waals surface area (Å²) in [5, 5.41) is 0. The summed E-state index contributed by atoms with van der Waals surface area (Å²) in [6, 6.07) is 0.